The maximum absolute atomic E-state index is 5.73. The number of nitrogen functional groups attached to an aromatic ring is 1. The molecule has 0 saturated heterocycles. The minimum absolute atomic E-state index is 0.221. The topological polar surface area (TPSA) is 56.2 Å². The van der Waals surface area contributed by atoms with Crippen LogP contribution in [0.2, 0.25) is 0 Å². The molecule has 1 aromatic heterocycles. The van der Waals surface area contributed by atoms with Crippen LogP contribution in [0.3, 0.4) is 0 Å². The summed E-state index contributed by atoms with van der Waals surface area (Å²) in [6.07, 6.45) is 3.58. The van der Waals surface area contributed by atoms with Crippen LogP contribution in [0, 0.1) is 6.92 Å². The molecule has 0 unspecified atom stereocenters. The van der Waals surface area contributed by atoms with Crippen LogP contribution in [0.1, 0.15) is 32.0 Å². The number of hydrogen-bond donors (Lipinski definition) is 1. The van der Waals surface area contributed by atoms with Gasteiger partial charge >= 0.3 is 0 Å². The Kier molecular flexibility index (Phi) is 4.18. The zero-order valence-corrected chi connectivity index (χ0v) is 13.1. The third kappa shape index (κ3) is 4.13. The summed E-state index contributed by atoms with van der Waals surface area (Å²) in [7, 11) is 0. The number of nitrogens with zero attached hydrogens (tertiary/aromatic N) is 3. The highest BCUT2D eigenvalue weighted by molar-refractivity contribution is 8.00. The van der Waals surface area contributed by atoms with E-state index in [0.717, 1.165) is 11.3 Å². The molecular formula is C15H20N4S. The highest BCUT2D eigenvalue weighted by Gasteiger charge is 2.11. The van der Waals surface area contributed by atoms with Crippen molar-refractivity contribution in [2.45, 2.75) is 37.3 Å². The standard InChI is InChI=1S/C15H20N4S/c1-11-10-19(14(16)18-11)17-9-12-5-7-13(8-6-12)20-15(2,3)4/h5-10H,1-4H3,(H2,16,18). The highest BCUT2D eigenvalue weighted by atomic mass is 32.2. The minimum Gasteiger partial charge on any atom is -0.368 e. The maximum Gasteiger partial charge on any atom is 0.221 e. The van der Waals surface area contributed by atoms with E-state index in [9.17, 15) is 0 Å². The first-order chi connectivity index (χ1) is 9.33. The molecule has 0 radical (unpaired) electrons. The van der Waals surface area contributed by atoms with Crippen LogP contribution in [-0.2, 0) is 0 Å². The number of aryl methyl sites for hydroxylation is 1. The summed E-state index contributed by atoms with van der Waals surface area (Å²) in [5.41, 5.74) is 7.63. The normalized spacial score (nSPS) is 12.2. The Morgan fingerprint density at radius 3 is 2.40 bits per heavy atom. The van der Waals surface area contributed by atoms with Gasteiger partial charge in [-0.05, 0) is 24.6 Å². The van der Waals surface area contributed by atoms with Crippen LogP contribution in [0.25, 0.3) is 0 Å². The SMILES string of the molecule is Cc1cn(N=Cc2ccc(SC(C)(C)C)cc2)c(N)n1. The average molecular weight is 288 g/mol. The number of imidazole rings is 1. The van der Waals surface area contributed by atoms with Gasteiger partial charge in [0.1, 0.15) is 0 Å². The molecule has 0 aliphatic carbocycles. The molecule has 0 saturated carbocycles. The van der Waals surface area contributed by atoms with Crippen molar-refractivity contribution in [3.63, 3.8) is 0 Å². The fourth-order valence-electron chi connectivity index (χ4n) is 1.70. The second kappa shape index (κ2) is 5.71. The molecular weight excluding hydrogens is 268 g/mol. The van der Waals surface area contributed by atoms with Gasteiger partial charge in [-0.1, -0.05) is 32.9 Å². The molecule has 0 amide bonds. The Morgan fingerprint density at radius 2 is 1.90 bits per heavy atom. The minimum atomic E-state index is 0.221. The van der Waals surface area contributed by atoms with Crippen molar-refractivity contribution in [1.29, 1.82) is 0 Å². The lowest BCUT2D eigenvalue weighted by Crippen LogP contribution is -2.06. The van der Waals surface area contributed by atoms with E-state index in [1.54, 1.807) is 17.1 Å². The van der Waals surface area contributed by atoms with Crippen LogP contribution in [-0.4, -0.2) is 20.6 Å². The molecule has 20 heavy (non-hydrogen) atoms. The zero-order chi connectivity index (χ0) is 14.8. The summed E-state index contributed by atoms with van der Waals surface area (Å²) in [4.78, 5) is 5.36. The first-order valence-electron chi connectivity index (χ1n) is 6.48. The van der Waals surface area contributed by atoms with Gasteiger partial charge < -0.3 is 5.73 Å². The molecule has 0 aliphatic rings. The summed E-state index contributed by atoms with van der Waals surface area (Å²) in [5, 5.41) is 4.30. The van der Waals surface area contributed by atoms with E-state index in [1.807, 2.05) is 18.7 Å². The van der Waals surface area contributed by atoms with Gasteiger partial charge in [0.2, 0.25) is 5.95 Å². The summed E-state index contributed by atoms with van der Waals surface area (Å²) < 4.78 is 1.80. The Bertz CT molecular complexity index is 606. The summed E-state index contributed by atoms with van der Waals surface area (Å²) in [6, 6.07) is 8.33. The Morgan fingerprint density at radius 1 is 1.25 bits per heavy atom. The lowest BCUT2D eigenvalue weighted by molar-refractivity contribution is 0.803. The molecule has 0 atom stereocenters. The zero-order valence-electron chi connectivity index (χ0n) is 12.3. The lowest BCUT2D eigenvalue weighted by atomic mass is 10.2. The van der Waals surface area contributed by atoms with Gasteiger partial charge in [-0.25, -0.2) is 9.66 Å². The van der Waals surface area contributed by atoms with Crippen LogP contribution >= 0.6 is 11.8 Å². The largest absolute Gasteiger partial charge is 0.368 e. The molecule has 106 valence electrons. The summed E-state index contributed by atoms with van der Waals surface area (Å²) >= 11 is 1.85. The summed E-state index contributed by atoms with van der Waals surface area (Å²) in [5.74, 6) is 0.402. The van der Waals surface area contributed by atoms with Crippen molar-refractivity contribution in [2.75, 3.05) is 5.73 Å². The lowest BCUT2D eigenvalue weighted by Gasteiger charge is -2.17. The van der Waals surface area contributed by atoms with Gasteiger partial charge in [0.05, 0.1) is 18.1 Å². The number of thioether (sulfide) groups is 1. The third-order valence-corrected chi connectivity index (χ3v) is 3.59. The van der Waals surface area contributed by atoms with Crippen LogP contribution in [0.5, 0.6) is 0 Å². The van der Waals surface area contributed by atoms with E-state index in [4.69, 9.17) is 5.73 Å². The Hall–Kier alpha value is -1.75. The number of rotatable bonds is 3. The molecule has 5 heteroatoms. The number of benzene rings is 1. The van der Waals surface area contributed by atoms with Crippen molar-refractivity contribution >= 4 is 23.9 Å². The smallest absolute Gasteiger partial charge is 0.221 e. The fourth-order valence-corrected chi connectivity index (χ4v) is 2.68. The maximum atomic E-state index is 5.73. The third-order valence-electron chi connectivity index (χ3n) is 2.47. The first-order valence-corrected chi connectivity index (χ1v) is 7.30. The monoisotopic (exact) mass is 288 g/mol. The molecule has 0 bridgehead atoms. The Balaban J connectivity index is 2.09. The molecule has 0 spiro atoms. The Labute approximate surface area is 124 Å². The average Bonchev–Trinajstić information content (AvgIpc) is 2.65. The van der Waals surface area contributed by atoms with E-state index in [2.05, 4.69) is 55.1 Å². The quantitative estimate of drug-likeness (QED) is 0.694. The van der Waals surface area contributed by atoms with Crippen molar-refractivity contribution in [1.82, 2.24) is 9.66 Å². The number of hydrogen-bond acceptors (Lipinski definition) is 4. The molecule has 0 aliphatic heterocycles. The number of nitrogens with two attached hydrogens (primary N) is 1. The molecule has 2 rings (SSSR count). The van der Waals surface area contributed by atoms with E-state index in [-0.39, 0.29) is 4.75 Å². The van der Waals surface area contributed by atoms with Gasteiger partial charge in [-0.3, -0.25) is 0 Å². The summed E-state index contributed by atoms with van der Waals surface area (Å²) in [6.45, 7) is 8.51. The number of aromatic nitrogens is 2. The van der Waals surface area contributed by atoms with Crippen LogP contribution in [0.4, 0.5) is 5.95 Å². The predicted molar refractivity (Wildman–Crippen MR) is 86.4 cm³/mol. The van der Waals surface area contributed by atoms with Crippen molar-refractivity contribution in [3.8, 4) is 0 Å². The van der Waals surface area contributed by atoms with Gasteiger partial charge in [0.25, 0.3) is 0 Å². The molecule has 2 N–H and O–H groups in total. The van der Waals surface area contributed by atoms with E-state index in [0.29, 0.717) is 5.95 Å². The van der Waals surface area contributed by atoms with Crippen molar-refractivity contribution < 1.29 is 0 Å². The van der Waals surface area contributed by atoms with E-state index in [1.165, 1.54) is 4.90 Å². The van der Waals surface area contributed by atoms with E-state index < -0.39 is 0 Å². The molecule has 1 heterocycles. The second-order valence-electron chi connectivity index (χ2n) is 5.61. The molecule has 2 aromatic rings. The highest BCUT2D eigenvalue weighted by Crippen LogP contribution is 2.31. The molecule has 0 fully saturated rings. The van der Waals surface area contributed by atoms with Crippen LogP contribution < -0.4 is 5.73 Å². The molecule has 1 aromatic carbocycles. The van der Waals surface area contributed by atoms with Gasteiger partial charge in [0, 0.05) is 9.64 Å². The molecule has 4 nitrogen and oxygen atoms in total. The van der Waals surface area contributed by atoms with Gasteiger partial charge in [-0.15, -0.1) is 11.8 Å². The number of anilines is 1. The first kappa shape index (κ1) is 14.7. The fraction of sp³-hybridized carbons (Fsp3) is 0.333. The van der Waals surface area contributed by atoms with Gasteiger partial charge in [-0.2, -0.15) is 5.10 Å². The van der Waals surface area contributed by atoms with E-state index >= 15 is 0 Å². The van der Waals surface area contributed by atoms with Gasteiger partial charge in [0.15, 0.2) is 0 Å². The van der Waals surface area contributed by atoms with Crippen molar-refractivity contribution in [2.24, 2.45) is 5.10 Å². The predicted octanol–water partition coefficient (Wildman–Crippen LogP) is 3.55. The van der Waals surface area contributed by atoms with Crippen LogP contribution in [0.15, 0.2) is 40.5 Å². The van der Waals surface area contributed by atoms with Crippen molar-refractivity contribution in [3.05, 3.63) is 41.7 Å². The second-order valence-corrected chi connectivity index (χ2v) is 7.51.